The quantitative estimate of drug-likeness (QED) is 0.731. The fraction of sp³-hybridized carbons (Fsp3) is 0.188. The molecule has 3 heteroatoms. The highest BCUT2D eigenvalue weighted by Crippen LogP contribution is 2.32. The van der Waals surface area contributed by atoms with Crippen LogP contribution in [0, 0.1) is 13.8 Å². The molecule has 0 fully saturated rings. The standard InChI is InChI=1S/C16H14O2S/c1-10-5-11(2)16-14(6-10)15(17)13(8-18-16)7-12-3-4-19-9-12/h3-7,9H,8H2,1-2H3/b13-7-. The molecular weight excluding hydrogens is 256 g/mol. The molecule has 0 saturated heterocycles. The van der Waals surface area contributed by atoms with Gasteiger partial charge in [0.2, 0.25) is 0 Å². The second-order valence-corrected chi connectivity index (χ2v) is 5.58. The Morgan fingerprint density at radius 1 is 1.32 bits per heavy atom. The molecule has 3 rings (SSSR count). The normalized spacial score (nSPS) is 16.3. The van der Waals surface area contributed by atoms with E-state index in [1.54, 1.807) is 11.3 Å². The van der Waals surface area contributed by atoms with Gasteiger partial charge in [0.15, 0.2) is 5.78 Å². The van der Waals surface area contributed by atoms with Crippen LogP contribution in [0.15, 0.2) is 34.5 Å². The van der Waals surface area contributed by atoms with E-state index in [-0.39, 0.29) is 5.78 Å². The SMILES string of the molecule is Cc1cc(C)c2c(c1)C(=O)/C(=C\c1ccsc1)CO2. The van der Waals surface area contributed by atoms with Crippen LogP contribution >= 0.6 is 11.3 Å². The van der Waals surface area contributed by atoms with Crippen molar-refractivity contribution < 1.29 is 9.53 Å². The summed E-state index contributed by atoms with van der Waals surface area (Å²) in [6.07, 6.45) is 1.92. The molecule has 0 spiro atoms. The number of ketones is 1. The number of hydrogen-bond donors (Lipinski definition) is 0. The zero-order valence-electron chi connectivity index (χ0n) is 10.9. The Morgan fingerprint density at radius 3 is 2.89 bits per heavy atom. The van der Waals surface area contributed by atoms with Crippen molar-refractivity contribution in [2.75, 3.05) is 6.61 Å². The summed E-state index contributed by atoms with van der Waals surface area (Å²) in [5.41, 5.74) is 4.58. The van der Waals surface area contributed by atoms with Crippen LogP contribution in [0.4, 0.5) is 0 Å². The van der Waals surface area contributed by atoms with Crippen molar-refractivity contribution in [2.45, 2.75) is 13.8 Å². The molecule has 0 unspecified atom stereocenters. The summed E-state index contributed by atoms with van der Waals surface area (Å²) in [4.78, 5) is 12.5. The molecule has 0 N–H and O–H groups in total. The summed E-state index contributed by atoms with van der Waals surface area (Å²) in [5, 5.41) is 4.03. The maximum absolute atomic E-state index is 12.5. The molecule has 0 bridgehead atoms. The first kappa shape index (κ1) is 12.2. The first-order valence-electron chi connectivity index (χ1n) is 6.16. The minimum Gasteiger partial charge on any atom is -0.488 e. The molecule has 0 atom stereocenters. The van der Waals surface area contributed by atoms with E-state index in [1.807, 2.05) is 48.9 Å². The van der Waals surface area contributed by atoms with E-state index >= 15 is 0 Å². The van der Waals surface area contributed by atoms with Crippen LogP contribution in [0.2, 0.25) is 0 Å². The molecule has 0 amide bonds. The Morgan fingerprint density at radius 2 is 2.16 bits per heavy atom. The van der Waals surface area contributed by atoms with Crippen molar-refractivity contribution in [2.24, 2.45) is 0 Å². The minimum absolute atomic E-state index is 0.0826. The third kappa shape index (κ3) is 2.22. The topological polar surface area (TPSA) is 26.3 Å². The van der Waals surface area contributed by atoms with Crippen molar-refractivity contribution >= 4 is 23.2 Å². The fourth-order valence-electron chi connectivity index (χ4n) is 2.37. The largest absolute Gasteiger partial charge is 0.488 e. The Bertz CT molecular complexity index is 666. The van der Waals surface area contributed by atoms with Gasteiger partial charge in [-0.15, -0.1) is 0 Å². The van der Waals surface area contributed by atoms with Crippen LogP contribution < -0.4 is 4.74 Å². The van der Waals surface area contributed by atoms with Gasteiger partial charge in [-0.05, 0) is 59.5 Å². The zero-order chi connectivity index (χ0) is 13.4. The van der Waals surface area contributed by atoms with Gasteiger partial charge in [-0.2, -0.15) is 11.3 Å². The van der Waals surface area contributed by atoms with Crippen molar-refractivity contribution in [3.63, 3.8) is 0 Å². The second kappa shape index (κ2) is 4.67. The van der Waals surface area contributed by atoms with Crippen LogP contribution in [0.3, 0.4) is 0 Å². The molecule has 0 aliphatic carbocycles. The summed E-state index contributed by atoms with van der Waals surface area (Å²) >= 11 is 1.62. The van der Waals surface area contributed by atoms with Gasteiger partial charge in [0.05, 0.1) is 5.56 Å². The molecule has 2 aromatic rings. The highest BCUT2D eigenvalue weighted by atomic mass is 32.1. The lowest BCUT2D eigenvalue weighted by Crippen LogP contribution is -2.20. The molecule has 0 radical (unpaired) electrons. The molecule has 1 aliphatic rings. The number of carbonyl (C=O) groups excluding carboxylic acids is 1. The van der Waals surface area contributed by atoms with E-state index in [9.17, 15) is 4.79 Å². The molecule has 1 aromatic carbocycles. The Hall–Kier alpha value is -1.87. The van der Waals surface area contributed by atoms with Gasteiger partial charge < -0.3 is 4.74 Å². The Kier molecular flexibility index (Phi) is 2.99. The van der Waals surface area contributed by atoms with E-state index in [0.29, 0.717) is 12.2 Å². The molecule has 2 heterocycles. The van der Waals surface area contributed by atoms with Gasteiger partial charge in [0.25, 0.3) is 0 Å². The number of thiophene rings is 1. The smallest absolute Gasteiger partial charge is 0.196 e. The maximum atomic E-state index is 12.5. The van der Waals surface area contributed by atoms with Gasteiger partial charge in [-0.3, -0.25) is 4.79 Å². The third-order valence-electron chi connectivity index (χ3n) is 3.21. The number of fused-ring (bicyclic) bond motifs is 1. The Balaban J connectivity index is 2.05. The number of benzene rings is 1. The zero-order valence-corrected chi connectivity index (χ0v) is 11.7. The molecule has 1 aromatic heterocycles. The predicted molar refractivity (Wildman–Crippen MR) is 78.0 cm³/mol. The van der Waals surface area contributed by atoms with Gasteiger partial charge in [-0.1, -0.05) is 6.07 Å². The molecule has 96 valence electrons. The van der Waals surface area contributed by atoms with Crippen molar-refractivity contribution in [1.82, 2.24) is 0 Å². The van der Waals surface area contributed by atoms with Gasteiger partial charge >= 0.3 is 0 Å². The van der Waals surface area contributed by atoms with Crippen LogP contribution in [0.1, 0.15) is 27.0 Å². The highest BCUT2D eigenvalue weighted by Gasteiger charge is 2.24. The second-order valence-electron chi connectivity index (χ2n) is 4.80. The number of carbonyl (C=O) groups is 1. The maximum Gasteiger partial charge on any atom is 0.196 e. The van der Waals surface area contributed by atoms with Gasteiger partial charge in [0.1, 0.15) is 12.4 Å². The first-order chi connectivity index (χ1) is 9.15. The Labute approximate surface area is 116 Å². The third-order valence-corrected chi connectivity index (χ3v) is 3.91. The van der Waals surface area contributed by atoms with Crippen LogP contribution in [0.5, 0.6) is 5.75 Å². The van der Waals surface area contributed by atoms with E-state index in [0.717, 1.165) is 28.0 Å². The summed E-state index contributed by atoms with van der Waals surface area (Å²) in [6.45, 7) is 4.33. The molecule has 2 nitrogen and oxygen atoms in total. The summed E-state index contributed by atoms with van der Waals surface area (Å²) < 4.78 is 5.76. The monoisotopic (exact) mass is 270 g/mol. The first-order valence-corrected chi connectivity index (χ1v) is 7.11. The van der Waals surface area contributed by atoms with Crippen molar-refractivity contribution in [1.29, 1.82) is 0 Å². The number of hydrogen-bond acceptors (Lipinski definition) is 3. The summed E-state index contributed by atoms with van der Waals surface area (Å²) in [5.74, 6) is 0.817. The minimum atomic E-state index is 0.0826. The van der Waals surface area contributed by atoms with E-state index in [1.165, 1.54) is 0 Å². The molecule has 0 saturated carbocycles. The number of Topliss-reactive ketones (excluding diaryl/α,β-unsaturated/α-hetero) is 1. The average molecular weight is 270 g/mol. The number of aryl methyl sites for hydroxylation is 2. The van der Waals surface area contributed by atoms with Crippen LogP contribution in [0.25, 0.3) is 6.08 Å². The molecule has 19 heavy (non-hydrogen) atoms. The van der Waals surface area contributed by atoms with E-state index in [4.69, 9.17) is 4.74 Å². The van der Waals surface area contributed by atoms with Crippen molar-refractivity contribution in [3.8, 4) is 5.75 Å². The van der Waals surface area contributed by atoms with Crippen molar-refractivity contribution in [3.05, 3.63) is 56.8 Å². The van der Waals surface area contributed by atoms with Gasteiger partial charge in [0, 0.05) is 5.57 Å². The average Bonchev–Trinajstić information content (AvgIpc) is 2.86. The van der Waals surface area contributed by atoms with E-state index < -0.39 is 0 Å². The molecular formula is C16H14O2S. The number of ether oxygens (including phenoxy) is 1. The highest BCUT2D eigenvalue weighted by molar-refractivity contribution is 7.08. The van der Waals surface area contributed by atoms with E-state index in [2.05, 4.69) is 0 Å². The number of rotatable bonds is 1. The predicted octanol–water partition coefficient (Wildman–Crippen LogP) is 4.02. The fourth-order valence-corrected chi connectivity index (χ4v) is 2.99. The molecule has 1 aliphatic heterocycles. The van der Waals surface area contributed by atoms with Crippen LogP contribution in [-0.4, -0.2) is 12.4 Å². The van der Waals surface area contributed by atoms with Gasteiger partial charge in [-0.25, -0.2) is 0 Å². The lowest BCUT2D eigenvalue weighted by molar-refractivity contribution is 0.100. The lowest BCUT2D eigenvalue weighted by atomic mass is 9.95. The summed E-state index contributed by atoms with van der Waals surface area (Å²) in [7, 11) is 0. The van der Waals surface area contributed by atoms with Crippen LogP contribution in [-0.2, 0) is 0 Å². The lowest BCUT2D eigenvalue weighted by Gasteiger charge is -2.21. The summed E-state index contributed by atoms with van der Waals surface area (Å²) in [6, 6.07) is 5.95.